The molecule has 0 unspecified atom stereocenters. The molecule has 0 aliphatic rings. The van der Waals surface area contributed by atoms with E-state index >= 15 is 0 Å². The van der Waals surface area contributed by atoms with Crippen LogP contribution < -0.4 is 10.1 Å². The molecule has 0 radical (unpaired) electrons. The van der Waals surface area contributed by atoms with Crippen molar-refractivity contribution in [1.82, 2.24) is 4.98 Å². The van der Waals surface area contributed by atoms with E-state index < -0.39 is 0 Å². The predicted molar refractivity (Wildman–Crippen MR) is 89.8 cm³/mol. The molecule has 0 aliphatic heterocycles. The van der Waals surface area contributed by atoms with Crippen molar-refractivity contribution in [2.45, 2.75) is 6.54 Å². The average molecular weight is 343 g/mol. The Bertz CT molecular complexity index is 768. The molecule has 0 atom stereocenters. The smallest absolute Gasteiger partial charge is 0.122 e. The molecule has 4 heteroatoms. The number of nitrogens with zero attached hydrogens (tertiary/aromatic N) is 1. The molecule has 0 bridgehead atoms. The topological polar surface area (TPSA) is 34.1 Å². The highest BCUT2D eigenvalue weighted by molar-refractivity contribution is 9.10. The van der Waals surface area contributed by atoms with Crippen molar-refractivity contribution in [1.29, 1.82) is 0 Å². The molecule has 3 nitrogen and oxygen atoms in total. The summed E-state index contributed by atoms with van der Waals surface area (Å²) in [4.78, 5) is 4.47. The van der Waals surface area contributed by atoms with Crippen LogP contribution in [-0.2, 0) is 6.54 Å². The van der Waals surface area contributed by atoms with Gasteiger partial charge >= 0.3 is 0 Å². The Balaban J connectivity index is 1.85. The summed E-state index contributed by atoms with van der Waals surface area (Å²) in [5, 5.41) is 4.57. The molecule has 2 aromatic carbocycles. The molecule has 0 spiro atoms. The first-order valence-electron chi connectivity index (χ1n) is 6.67. The fraction of sp³-hybridized carbons (Fsp3) is 0.118. The van der Waals surface area contributed by atoms with Gasteiger partial charge in [0.05, 0.1) is 12.6 Å². The number of hydrogen-bond donors (Lipinski definition) is 1. The van der Waals surface area contributed by atoms with Gasteiger partial charge in [-0.15, -0.1) is 0 Å². The van der Waals surface area contributed by atoms with Crippen molar-refractivity contribution >= 4 is 32.5 Å². The quantitative estimate of drug-likeness (QED) is 0.751. The number of anilines is 1. The van der Waals surface area contributed by atoms with Crippen LogP contribution in [0, 0.1) is 0 Å². The Morgan fingerprint density at radius 1 is 1.14 bits per heavy atom. The van der Waals surface area contributed by atoms with Gasteiger partial charge in [-0.05, 0) is 23.8 Å². The first-order chi connectivity index (χ1) is 10.3. The number of fused-ring (bicyclic) bond motifs is 1. The van der Waals surface area contributed by atoms with E-state index in [4.69, 9.17) is 4.74 Å². The summed E-state index contributed by atoms with van der Waals surface area (Å²) in [6.07, 6.45) is 1.83. The maximum Gasteiger partial charge on any atom is 0.122 e. The first kappa shape index (κ1) is 13.9. The summed E-state index contributed by atoms with van der Waals surface area (Å²) in [7, 11) is 1.67. The summed E-state index contributed by atoms with van der Waals surface area (Å²) in [6.45, 7) is 0.716. The average Bonchev–Trinajstić information content (AvgIpc) is 2.52. The first-order valence-corrected chi connectivity index (χ1v) is 7.46. The Hall–Kier alpha value is -2.07. The van der Waals surface area contributed by atoms with Crippen molar-refractivity contribution in [3.05, 3.63) is 64.8 Å². The summed E-state index contributed by atoms with van der Waals surface area (Å²) in [5.41, 5.74) is 3.22. The van der Waals surface area contributed by atoms with Gasteiger partial charge in [0.15, 0.2) is 0 Å². The summed E-state index contributed by atoms with van der Waals surface area (Å²) in [6, 6.07) is 16.2. The molecule has 21 heavy (non-hydrogen) atoms. The third-order valence-corrected chi connectivity index (χ3v) is 3.76. The van der Waals surface area contributed by atoms with E-state index in [1.165, 1.54) is 5.56 Å². The molecule has 1 aromatic heterocycles. The summed E-state index contributed by atoms with van der Waals surface area (Å²) >= 11 is 3.49. The van der Waals surface area contributed by atoms with Gasteiger partial charge in [0.25, 0.3) is 0 Å². The fourth-order valence-electron chi connectivity index (χ4n) is 2.29. The van der Waals surface area contributed by atoms with Gasteiger partial charge < -0.3 is 10.1 Å². The molecular formula is C17H15BrN2O. The predicted octanol–water partition coefficient (Wildman–Crippen LogP) is 4.62. The fourth-order valence-corrected chi connectivity index (χ4v) is 2.76. The third-order valence-electron chi connectivity index (χ3n) is 3.31. The molecule has 0 saturated carbocycles. The number of hydrogen-bond acceptors (Lipinski definition) is 3. The number of benzene rings is 2. The minimum Gasteiger partial charge on any atom is -0.497 e. The van der Waals surface area contributed by atoms with Gasteiger partial charge in [-0.1, -0.05) is 40.2 Å². The number of aromatic nitrogens is 1. The van der Waals surface area contributed by atoms with E-state index in [2.05, 4.69) is 50.5 Å². The lowest BCUT2D eigenvalue weighted by Gasteiger charge is -2.10. The number of rotatable bonds is 4. The molecule has 0 aliphatic carbocycles. The zero-order valence-electron chi connectivity index (χ0n) is 11.6. The highest BCUT2D eigenvalue weighted by Crippen LogP contribution is 2.25. The SMILES string of the molecule is COc1cc(Br)cc(NCc2cccc3cccnc23)c1. The second-order valence-corrected chi connectivity index (χ2v) is 5.64. The van der Waals surface area contributed by atoms with Gasteiger partial charge in [-0.3, -0.25) is 4.98 Å². The minimum absolute atomic E-state index is 0.716. The summed E-state index contributed by atoms with van der Waals surface area (Å²) < 4.78 is 6.26. The van der Waals surface area contributed by atoms with E-state index in [0.29, 0.717) is 6.54 Å². The number of para-hydroxylation sites is 1. The van der Waals surface area contributed by atoms with Crippen LogP contribution in [0.25, 0.3) is 10.9 Å². The second-order valence-electron chi connectivity index (χ2n) is 4.73. The number of methoxy groups -OCH3 is 1. The van der Waals surface area contributed by atoms with Crippen LogP contribution in [0.5, 0.6) is 5.75 Å². The highest BCUT2D eigenvalue weighted by atomic mass is 79.9. The van der Waals surface area contributed by atoms with E-state index in [1.54, 1.807) is 7.11 Å². The number of pyridine rings is 1. The van der Waals surface area contributed by atoms with E-state index in [1.807, 2.05) is 30.5 Å². The van der Waals surface area contributed by atoms with Crippen LogP contribution in [0.3, 0.4) is 0 Å². The molecule has 0 amide bonds. The molecule has 3 aromatic rings. The van der Waals surface area contributed by atoms with Gasteiger partial charge in [0.1, 0.15) is 5.75 Å². The van der Waals surface area contributed by atoms with Crippen molar-refractivity contribution in [3.63, 3.8) is 0 Å². The van der Waals surface area contributed by atoms with Crippen LogP contribution in [0.15, 0.2) is 59.2 Å². The minimum atomic E-state index is 0.716. The lowest BCUT2D eigenvalue weighted by atomic mass is 10.1. The van der Waals surface area contributed by atoms with Crippen LogP contribution in [0.2, 0.25) is 0 Å². The number of halogens is 1. The lowest BCUT2D eigenvalue weighted by Crippen LogP contribution is -2.01. The van der Waals surface area contributed by atoms with Gasteiger partial charge in [0, 0.05) is 34.4 Å². The molecule has 3 rings (SSSR count). The Morgan fingerprint density at radius 2 is 2.00 bits per heavy atom. The molecule has 0 fully saturated rings. The largest absolute Gasteiger partial charge is 0.497 e. The Kier molecular flexibility index (Phi) is 4.06. The van der Waals surface area contributed by atoms with Crippen molar-refractivity contribution in [3.8, 4) is 5.75 Å². The highest BCUT2D eigenvalue weighted by Gasteiger charge is 2.03. The van der Waals surface area contributed by atoms with Gasteiger partial charge in [-0.25, -0.2) is 0 Å². The molecule has 1 N–H and O–H groups in total. The molecule has 1 heterocycles. The van der Waals surface area contributed by atoms with Gasteiger partial charge in [0.2, 0.25) is 0 Å². The Labute approximate surface area is 132 Å². The van der Waals surface area contributed by atoms with E-state index in [0.717, 1.165) is 26.8 Å². The van der Waals surface area contributed by atoms with Crippen molar-refractivity contribution in [2.75, 3.05) is 12.4 Å². The van der Waals surface area contributed by atoms with Crippen LogP contribution in [0.4, 0.5) is 5.69 Å². The zero-order chi connectivity index (χ0) is 14.7. The standard InChI is InChI=1S/C17H15BrN2O/c1-21-16-9-14(18)8-15(10-16)20-11-13-5-2-4-12-6-3-7-19-17(12)13/h2-10,20H,11H2,1H3. The number of nitrogens with one attached hydrogen (secondary N) is 1. The monoisotopic (exact) mass is 342 g/mol. The Morgan fingerprint density at radius 3 is 2.86 bits per heavy atom. The number of ether oxygens (including phenoxy) is 1. The van der Waals surface area contributed by atoms with E-state index in [-0.39, 0.29) is 0 Å². The lowest BCUT2D eigenvalue weighted by molar-refractivity contribution is 0.414. The molecular weight excluding hydrogens is 328 g/mol. The van der Waals surface area contributed by atoms with Crippen molar-refractivity contribution in [2.24, 2.45) is 0 Å². The van der Waals surface area contributed by atoms with E-state index in [9.17, 15) is 0 Å². The zero-order valence-corrected chi connectivity index (χ0v) is 13.2. The van der Waals surface area contributed by atoms with Crippen molar-refractivity contribution < 1.29 is 4.74 Å². The molecule has 0 saturated heterocycles. The normalized spacial score (nSPS) is 10.6. The maximum absolute atomic E-state index is 5.28. The molecule has 106 valence electrons. The maximum atomic E-state index is 5.28. The third kappa shape index (κ3) is 3.16. The van der Waals surface area contributed by atoms with Gasteiger partial charge in [-0.2, -0.15) is 0 Å². The second kappa shape index (κ2) is 6.14. The summed E-state index contributed by atoms with van der Waals surface area (Å²) in [5.74, 6) is 0.822. The van der Waals surface area contributed by atoms with Crippen LogP contribution >= 0.6 is 15.9 Å². The van der Waals surface area contributed by atoms with Crippen LogP contribution in [-0.4, -0.2) is 12.1 Å². The van der Waals surface area contributed by atoms with Crippen LogP contribution in [0.1, 0.15) is 5.56 Å².